The van der Waals surface area contributed by atoms with Gasteiger partial charge in [0.1, 0.15) is 0 Å². The van der Waals surface area contributed by atoms with Crippen molar-refractivity contribution in [1.82, 2.24) is 9.13 Å². The molecule has 0 saturated carbocycles. The zero-order chi connectivity index (χ0) is 17.7. The van der Waals surface area contributed by atoms with Crippen molar-refractivity contribution in [2.24, 2.45) is 0 Å². The van der Waals surface area contributed by atoms with Crippen LogP contribution in [0.3, 0.4) is 0 Å². The Labute approximate surface area is 140 Å². The van der Waals surface area contributed by atoms with Gasteiger partial charge in [0.25, 0.3) is 22.2 Å². The first-order chi connectivity index (χ1) is 12.0. The molecule has 0 saturated heterocycles. The summed E-state index contributed by atoms with van der Waals surface area (Å²) in [7, 11) is 0. The van der Waals surface area contributed by atoms with E-state index in [-0.39, 0.29) is 34.6 Å². The fourth-order valence-electron chi connectivity index (χ4n) is 3.27. The second-order valence-electron chi connectivity index (χ2n) is 5.98. The van der Waals surface area contributed by atoms with E-state index in [0.717, 1.165) is 14.7 Å². The van der Waals surface area contributed by atoms with Crippen molar-refractivity contribution in [3.8, 4) is 0 Å². The lowest BCUT2D eigenvalue weighted by Crippen LogP contribution is -2.26. The molecule has 0 aliphatic carbocycles. The molecule has 6 nitrogen and oxygen atoms in total. The maximum Gasteiger partial charge on any atom is 0.261 e. The van der Waals surface area contributed by atoms with Crippen molar-refractivity contribution < 1.29 is 0 Å². The topological polar surface area (TPSA) is 78.1 Å². The van der Waals surface area contributed by atoms with Gasteiger partial charge >= 0.3 is 0 Å². The fraction of sp³-hybridized carbons (Fsp3) is 0.158. The number of hydrogen-bond acceptors (Lipinski definition) is 4. The highest BCUT2D eigenvalue weighted by Gasteiger charge is 2.18. The molecule has 0 spiro atoms. The van der Waals surface area contributed by atoms with Gasteiger partial charge in [-0.3, -0.25) is 28.3 Å². The second kappa shape index (κ2) is 5.37. The minimum atomic E-state index is -0.443. The molecule has 2 aromatic heterocycles. The molecule has 4 rings (SSSR count). The fourth-order valence-corrected chi connectivity index (χ4v) is 3.27. The third kappa shape index (κ3) is 2.11. The Kier molecular flexibility index (Phi) is 3.28. The SMILES string of the molecule is CCn1c(=O)c2cc3c(=O)n(Cc4ccccc4)c(=O)c3cc2c1=O. The van der Waals surface area contributed by atoms with E-state index in [1.807, 2.05) is 30.3 Å². The molecule has 0 radical (unpaired) electrons. The Hall–Kier alpha value is -3.28. The summed E-state index contributed by atoms with van der Waals surface area (Å²) in [4.78, 5) is 49.9. The molecule has 0 aliphatic rings. The normalized spacial score (nSPS) is 11.6. The number of aromatic nitrogens is 2. The highest BCUT2D eigenvalue weighted by atomic mass is 16.2. The molecule has 0 atom stereocenters. The summed E-state index contributed by atoms with van der Waals surface area (Å²) in [6.07, 6.45) is 0. The first kappa shape index (κ1) is 15.3. The van der Waals surface area contributed by atoms with Crippen molar-refractivity contribution in [2.45, 2.75) is 20.0 Å². The van der Waals surface area contributed by atoms with Crippen LogP contribution in [0.4, 0.5) is 0 Å². The third-order valence-electron chi connectivity index (χ3n) is 4.56. The van der Waals surface area contributed by atoms with Crippen LogP contribution in [-0.4, -0.2) is 9.13 Å². The average molecular weight is 334 g/mol. The average Bonchev–Trinajstić information content (AvgIpc) is 3.00. The van der Waals surface area contributed by atoms with Gasteiger partial charge in [0, 0.05) is 6.54 Å². The zero-order valence-electron chi connectivity index (χ0n) is 13.5. The molecule has 6 heteroatoms. The van der Waals surface area contributed by atoms with E-state index in [1.54, 1.807) is 6.92 Å². The van der Waals surface area contributed by atoms with Crippen molar-refractivity contribution in [1.29, 1.82) is 0 Å². The predicted molar refractivity (Wildman–Crippen MR) is 96.1 cm³/mol. The van der Waals surface area contributed by atoms with Crippen molar-refractivity contribution in [2.75, 3.05) is 0 Å². The summed E-state index contributed by atoms with van der Waals surface area (Å²) >= 11 is 0. The van der Waals surface area contributed by atoms with Crippen LogP contribution in [0.15, 0.2) is 61.6 Å². The Bertz CT molecular complexity index is 1240. The van der Waals surface area contributed by atoms with Crippen LogP contribution in [0.1, 0.15) is 12.5 Å². The van der Waals surface area contributed by atoms with E-state index in [0.29, 0.717) is 0 Å². The molecule has 4 aromatic rings. The number of benzene rings is 2. The molecule has 0 fully saturated rings. The molecule has 0 bridgehead atoms. The van der Waals surface area contributed by atoms with Crippen LogP contribution in [-0.2, 0) is 13.1 Å². The van der Waals surface area contributed by atoms with Gasteiger partial charge in [-0.05, 0) is 24.6 Å². The summed E-state index contributed by atoms with van der Waals surface area (Å²) in [5.41, 5.74) is -0.906. The highest BCUT2D eigenvalue weighted by molar-refractivity contribution is 5.97. The van der Waals surface area contributed by atoms with Crippen LogP contribution < -0.4 is 22.2 Å². The van der Waals surface area contributed by atoms with E-state index in [9.17, 15) is 19.2 Å². The second-order valence-corrected chi connectivity index (χ2v) is 5.98. The Balaban J connectivity index is 2.03. The number of hydrogen-bond donors (Lipinski definition) is 0. The molecule has 0 unspecified atom stereocenters. The Morgan fingerprint density at radius 3 is 1.56 bits per heavy atom. The standard InChI is InChI=1S/C19H14N2O4/c1-2-20-16(22)12-8-14-15(9-13(12)17(20)23)19(25)21(18(14)24)10-11-6-4-3-5-7-11/h3-9H,2,10H2,1H3. The summed E-state index contributed by atoms with van der Waals surface area (Å²) in [6, 6.07) is 11.9. The van der Waals surface area contributed by atoms with Gasteiger partial charge in [-0.25, -0.2) is 0 Å². The molecule has 124 valence electrons. The van der Waals surface area contributed by atoms with Gasteiger partial charge in [-0.2, -0.15) is 0 Å². The third-order valence-corrected chi connectivity index (χ3v) is 4.56. The molecule has 25 heavy (non-hydrogen) atoms. The summed E-state index contributed by atoms with van der Waals surface area (Å²) in [5, 5.41) is 0.735. The summed E-state index contributed by atoms with van der Waals surface area (Å²) < 4.78 is 2.25. The minimum Gasteiger partial charge on any atom is -0.275 e. The van der Waals surface area contributed by atoms with E-state index < -0.39 is 22.2 Å². The monoisotopic (exact) mass is 334 g/mol. The smallest absolute Gasteiger partial charge is 0.261 e. The first-order valence-electron chi connectivity index (χ1n) is 7.97. The van der Waals surface area contributed by atoms with Crippen LogP contribution in [0.5, 0.6) is 0 Å². The molecular formula is C19H14N2O4. The summed E-state index contributed by atoms with van der Waals surface area (Å²) in [5.74, 6) is 0. The molecule has 2 aromatic carbocycles. The van der Waals surface area contributed by atoms with Crippen LogP contribution in [0.2, 0.25) is 0 Å². The quantitative estimate of drug-likeness (QED) is 0.559. The van der Waals surface area contributed by atoms with Gasteiger partial charge in [-0.15, -0.1) is 0 Å². The van der Waals surface area contributed by atoms with Crippen LogP contribution in [0, 0.1) is 0 Å². The molecule has 0 N–H and O–H groups in total. The summed E-state index contributed by atoms with van der Waals surface area (Å²) in [6.45, 7) is 2.10. The molecule has 0 aliphatic heterocycles. The lowest BCUT2D eigenvalue weighted by atomic mass is 10.1. The molecular weight excluding hydrogens is 320 g/mol. The lowest BCUT2D eigenvalue weighted by molar-refractivity contribution is 0.722. The Morgan fingerprint density at radius 1 is 0.680 bits per heavy atom. The van der Waals surface area contributed by atoms with E-state index >= 15 is 0 Å². The zero-order valence-corrected chi connectivity index (χ0v) is 13.5. The van der Waals surface area contributed by atoms with E-state index in [1.165, 1.54) is 12.1 Å². The van der Waals surface area contributed by atoms with Crippen LogP contribution >= 0.6 is 0 Å². The lowest BCUT2D eigenvalue weighted by Gasteiger charge is -1.99. The van der Waals surface area contributed by atoms with Gasteiger partial charge in [0.05, 0.1) is 28.1 Å². The largest absolute Gasteiger partial charge is 0.275 e. The predicted octanol–water partition coefficient (Wildman–Crippen LogP) is 0.981. The number of rotatable bonds is 3. The molecule has 0 amide bonds. The minimum absolute atomic E-state index is 0.154. The van der Waals surface area contributed by atoms with Crippen molar-refractivity contribution >= 4 is 21.5 Å². The Morgan fingerprint density at radius 2 is 1.12 bits per heavy atom. The number of fused-ring (bicyclic) bond motifs is 2. The van der Waals surface area contributed by atoms with Gasteiger partial charge in [-0.1, -0.05) is 30.3 Å². The van der Waals surface area contributed by atoms with Crippen LogP contribution in [0.25, 0.3) is 21.5 Å². The first-order valence-corrected chi connectivity index (χ1v) is 7.97. The van der Waals surface area contributed by atoms with Gasteiger partial charge in [0.2, 0.25) is 0 Å². The highest BCUT2D eigenvalue weighted by Crippen LogP contribution is 2.14. The maximum absolute atomic E-state index is 12.6. The van der Waals surface area contributed by atoms with Gasteiger partial charge < -0.3 is 0 Å². The maximum atomic E-state index is 12.6. The molecule has 2 heterocycles. The van der Waals surface area contributed by atoms with Gasteiger partial charge in [0.15, 0.2) is 0 Å². The van der Waals surface area contributed by atoms with E-state index in [2.05, 4.69) is 0 Å². The number of nitrogens with zero attached hydrogens (tertiary/aromatic N) is 2. The van der Waals surface area contributed by atoms with E-state index in [4.69, 9.17) is 0 Å². The van der Waals surface area contributed by atoms with Crippen molar-refractivity contribution in [3.63, 3.8) is 0 Å². The van der Waals surface area contributed by atoms with Crippen molar-refractivity contribution in [3.05, 3.63) is 89.4 Å².